The molecule has 0 spiro atoms. The summed E-state index contributed by atoms with van der Waals surface area (Å²) in [4.78, 5) is 17.2. The fourth-order valence-corrected chi connectivity index (χ4v) is 3.08. The normalized spacial score (nSPS) is 10.1. The van der Waals surface area contributed by atoms with Crippen molar-refractivity contribution in [1.29, 1.82) is 5.26 Å². The van der Waals surface area contributed by atoms with Crippen molar-refractivity contribution in [3.63, 3.8) is 0 Å². The number of nitrogens with one attached hydrogen (secondary N) is 1. The first-order valence-electron chi connectivity index (χ1n) is 6.70. The van der Waals surface area contributed by atoms with Crippen molar-refractivity contribution in [3.8, 4) is 17.3 Å². The summed E-state index contributed by atoms with van der Waals surface area (Å²) in [6.45, 7) is 0. The largest absolute Gasteiger partial charge is 0.321 e. The van der Waals surface area contributed by atoms with E-state index >= 15 is 0 Å². The second kappa shape index (κ2) is 6.61. The monoisotopic (exact) mass is 339 g/mol. The molecule has 0 unspecified atom stereocenters. The lowest BCUT2D eigenvalue weighted by atomic mass is 10.1. The van der Waals surface area contributed by atoms with Gasteiger partial charge in [-0.3, -0.25) is 4.79 Å². The topological polar surface area (TPSA) is 65.8 Å². The highest BCUT2D eigenvalue weighted by molar-refractivity contribution is 7.18. The van der Waals surface area contributed by atoms with Crippen molar-refractivity contribution in [3.05, 3.63) is 69.5 Å². The molecular formula is C17H10ClN3OS. The average Bonchev–Trinajstić information content (AvgIpc) is 2.98. The van der Waals surface area contributed by atoms with Crippen molar-refractivity contribution in [2.45, 2.75) is 0 Å². The van der Waals surface area contributed by atoms with Crippen LogP contribution in [0, 0.1) is 11.3 Å². The molecule has 112 valence electrons. The van der Waals surface area contributed by atoms with Crippen molar-refractivity contribution >= 4 is 34.5 Å². The second-order valence-corrected chi connectivity index (χ2v) is 6.24. The van der Waals surface area contributed by atoms with Crippen LogP contribution in [0.1, 0.15) is 15.2 Å². The van der Waals surface area contributed by atoms with Gasteiger partial charge in [0, 0.05) is 11.3 Å². The number of anilines is 1. The lowest BCUT2D eigenvalue weighted by Gasteiger charge is -2.05. The van der Waals surface area contributed by atoms with E-state index in [0.29, 0.717) is 26.3 Å². The molecular weight excluding hydrogens is 330 g/mol. The number of aromatic nitrogens is 1. The molecule has 4 nitrogen and oxygen atoms in total. The lowest BCUT2D eigenvalue weighted by Crippen LogP contribution is -2.11. The highest BCUT2D eigenvalue weighted by Gasteiger charge is 2.19. The Morgan fingerprint density at radius 3 is 2.48 bits per heavy atom. The van der Waals surface area contributed by atoms with Crippen molar-refractivity contribution in [1.82, 2.24) is 4.98 Å². The fourth-order valence-electron chi connectivity index (χ4n) is 2.06. The first kappa shape index (κ1) is 15.2. The van der Waals surface area contributed by atoms with Crippen LogP contribution < -0.4 is 5.32 Å². The molecule has 3 rings (SSSR count). The zero-order valence-electron chi connectivity index (χ0n) is 11.8. The van der Waals surface area contributed by atoms with Gasteiger partial charge < -0.3 is 5.32 Å². The van der Waals surface area contributed by atoms with Gasteiger partial charge in [-0.25, -0.2) is 4.98 Å². The standard InChI is InChI=1S/C17H10ClN3OS/c18-17-21-14(12-4-2-1-3-5-12)15(23-17)16(22)20-13-8-6-11(10-19)7-9-13/h1-9H,(H,20,22). The van der Waals surface area contributed by atoms with Gasteiger partial charge in [-0.1, -0.05) is 53.3 Å². The van der Waals surface area contributed by atoms with Crippen LogP contribution in [-0.4, -0.2) is 10.9 Å². The Hall–Kier alpha value is -2.68. The molecule has 1 heterocycles. The van der Waals surface area contributed by atoms with Gasteiger partial charge in [-0.2, -0.15) is 5.26 Å². The number of carbonyl (C=O) groups is 1. The first-order chi connectivity index (χ1) is 11.2. The van der Waals surface area contributed by atoms with Crippen molar-refractivity contribution in [2.24, 2.45) is 0 Å². The van der Waals surface area contributed by atoms with E-state index in [4.69, 9.17) is 16.9 Å². The molecule has 1 amide bonds. The minimum absolute atomic E-state index is 0.280. The number of carbonyl (C=O) groups excluding carboxylic acids is 1. The Labute approximate surface area is 142 Å². The summed E-state index contributed by atoms with van der Waals surface area (Å²) >= 11 is 7.13. The number of benzene rings is 2. The Kier molecular flexibility index (Phi) is 4.38. The van der Waals surface area contributed by atoms with Gasteiger partial charge in [-0.05, 0) is 24.3 Å². The van der Waals surface area contributed by atoms with Gasteiger partial charge in [0.2, 0.25) is 0 Å². The summed E-state index contributed by atoms with van der Waals surface area (Å²) < 4.78 is 0.314. The van der Waals surface area contributed by atoms with Crippen LogP contribution in [-0.2, 0) is 0 Å². The summed E-state index contributed by atoms with van der Waals surface area (Å²) in [6.07, 6.45) is 0. The summed E-state index contributed by atoms with van der Waals surface area (Å²) in [5.74, 6) is -0.280. The number of nitriles is 1. The molecule has 2 aromatic carbocycles. The van der Waals surface area contributed by atoms with Crippen molar-refractivity contribution < 1.29 is 4.79 Å². The Morgan fingerprint density at radius 1 is 1.13 bits per heavy atom. The summed E-state index contributed by atoms with van der Waals surface area (Å²) in [7, 11) is 0. The third kappa shape index (κ3) is 3.39. The maximum atomic E-state index is 12.5. The predicted molar refractivity (Wildman–Crippen MR) is 91.7 cm³/mol. The van der Waals surface area contributed by atoms with E-state index < -0.39 is 0 Å². The van der Waals surface area contributed by atoms with E-state index in [1.54, 1.807) is 24.3 Å². The van der Waals surface area contributed by atoms with Gasteiger partial charge >= 0.3 is 0 Å². The van der Waals surface area contributed by atoms with Gasteiger partial charge in [-0.15, -0.1) is 0 Å². The molecule has 0 aliphatic rings. The highest BCUT2D eigenvalue weighted by Crippen LogP contribution is 2.31. The van der Waals surface area contributed by atoms with Gasteiger partial charge in [0.15, 0.2) is 4.47 Å². The zero-order chi connectivity index (χ0) is 16.2. The molecule has 0 fully saturated rings. The molecule has 6 heteroatoms. The molecule has 1 N–H and O–H groups in total. The predicted octanol–water partition coefficient (Wildman–Crippen LogP) is 4.59. The molecule has 0 aliphatic carbocycles. The minimum Gasteiger partial charge on any atom is -0.321 e. The van der Waals surface area contributed by atoms with Crippen molar-refractivity contribution in [2.75, 3.05) is 5.32 Å². The quantitative estimate of drug-likeness (QED) is 0.759. The highest BCUT2D eigenvalue weighted by atomic mass is 35.5. The number of hydrogen-bond acceptors (Lipinski definition) is 4. The zero-order valence-corrected chi connectivity index (χ0v) is 13.4. The SMILES string of the molecule is N#Cc1ccc(NC(=O)c2sc(Cl)nc2-c2ccccc2)cc1. The number of thiazole rings is 1. The minimum atomic E-state index is -0.280. The van der Waals surface area contributed by atoms with Crippen LogP contribution in [0.5, 0.6) is 0 Å². The molecule has 3 aromatic rings. The number of halogens is 1. The third-order valence-corrected chi connectivity index (χ3v) is 4.28. The molecule has 1 aromatic heterocycles. The van der Waals surface area contributed by atoms with E-state index in [1.165, 1.54) is 0 Å². The van der Waals surface area contributed by atoms with Gasteiger partial charge in [0.05, 0.1) is 17.3 Å². The Balaban J connectivity index is 1.89. The van der Waals surface area contributed by atoms with Crippen LogP contribution >= 0.6 is 22.9 Å². The number of rotatable bonds is 3. The smallest absolute Gasteiger partial charge is 0.268 e. The first-order valence-corrected chi connectivity index (χ1v) is 7.90. The molecule has 0 saturated heterocycles. The molecule has 0 atom stereocenters. The van der Waals surface area contributed by atoms with E-state index in [2.05, 4.69) is 10.3 Å². The van der Waals surface area contributed by atoms with E-state index in [1.807, 2.05) is 36.4 Å². The van der Waals surface area contributed by atoms with Gasteiger partial charge in [0.25, 0.3) is 5.91 Å². The average molecular weight is 340 g/mol. The van der Waals surface area contributed by atoms with Crippen LogP contribution in [0.2, 0.25) is 4.47 Å². The molecule has 0 bridgehead atoms. The summed E-state index contributed by atoms with van der Waals surface area (Å²) in [5, 5.41) is 11.6. The summed E-state index contributed by atoms with van der Waals surface area (Å²) in [5.41, 5.74) is 2.54. The van der Waals surface area contributed by atoms with Crippen LogP contribution in [0.15, 0.2) is 54.6 Å². The fraction of sp³-hybridized carbons (Fsp3) is 0. The van der Waals surface area contributed by atoms with Crippen LogP contribution in [0.25, 0.3) is 11.3 Å². The van der Waals surface area contributed by atoms with E-state index in [9.17, 15) is 4.79 Å². The van der Waals surface area contributed by atoms with E-state index in [-0.39, 0.29) is 5.91 Å². The number of nitrogens with zero attached hydrogens (tertiary/aromatic N) is 2. The molecule has 23 heavy (non-hydrogen) atoms. The molecule has 0 aliphatic heterocycles. The number of hydrogen-bond donors (Lipinski definition) is 1. The van der Waals surface area contributed by atoms with Crippen LogP contribution in [0.4, 0.5) is 5.69 Å². The molecule has 0 radical (unpaired) electrons. The summed E-state index contributed by atoms with van der Waals surface area (Å²) in [6, 6.07) is 18.1. The van der Waals surface area contributed by atoms with Gasteiger partial charge in [0.1, 0.15) is 4.88 Å². The Bertz CT molecular complexity index is 882. The molecule has 0 saturated carbocycles. The maximum Gasteiger partial charge on any atom is 0.268 e. The maximum absolute atomic E-state index is 12.5. The van der Waals surface area contributed by atoms with E-state index in [0.717, 1.165) is 16.9 Å². The lowest BCUT2D eigenvalue weighted by molar-refractivity contribution is 0.103. The second-order valence-electron chi connectivity index (χ2n) is 4.65. The third-order valence-electron chi connectivity index (χ3n) is 3.13. The Morgan fingerprint density at radius 2 is 1.83 bits per heavy atom. The van der Waals surface area contributed by atoms with Crippen LogP contribution in [0.3, 0.4) is 0 Å². The number of amides is 1.